The molecule has 106 valence electrons. The number of amides is 1. The normalized spacial score (nSPS) is 21.2. The van der Waals surface area contributed by atoms with Gasteiger partial charge in [0, 0.05) is 19.6 Å². The van der Waals surface area contributed by atoms with Gasteiger partial charge in [-0.25, -0.2) is 8.42 Å². The SMILES string of the molecule is CCCCN(CC)C(=O)C1CCCN1S(C)(=O)=O. The summed E-state index contributed by atoms with van der Waals surface area (Å²) in [6.45, 7) is 5.86. The van der Waals surface area contributed by atoms with Crippen LogP contribution in [0.3, 0.4) is 0 Å². The molecule has 0 bridgehead atoms. The van der Waals surface area contributed by atoms with Crippen LogP contribution in [-0.2, 0) is 14.8 Å². The third-order valence-electron chi connectivity index (χ3n) is 3.39. The lowest BCUT2D eigenvalue weighted by Crippen LogP contribution is -2.47. The summed E-state index contributed by atoms with van der Waals surface area (Å²) in [7, 11) is -3.27. The van der Waals surface area contributed by atoms with Crippen LogP contribution >= 0.6 is 0 Å². The summed E-state index contributed by atoms with van der Waals surface area (Å²) in [6.07, 6.45) is 4.60. The maximum absolute atomic E-state index is 12.4. The minimum Gasteiger partial charge on any atom is -0.342 e. The average Bonchev–Trinajstić information content (AvgIpc) is 2.78. The van der Waals surface area contributed by atoms with Crippen molar-refractivity contribution in [2.24, 2.45) is 0 Å². The third-order valence-corrected chi connectivity index (χ3v) is 4.68. The van der Waals surface area contributed by atoms with Crippen molar-refractivity contribution in [1.29, 1.82) is 0 Å². The average molecular weight is 276 g/mol. The lowest BCUT2D eigenvalue weighted by atomic mass is 10.2. The maximum atomic E-state index is 12.4. The van der Waals surface area contributed by atoms with Gasteiger partial charge in [-0.15, -0.1) is 0 Å². The topological polar surface area (TPSA) is 57.7 Å². The Bertz CT molecular complexity index is 381. The molecule has 1 amide bonds. The van der Waals surface area contributed by atoms with E-state index in [1.54, 1.807) is 4.90 Å². The van der Waals surface area contributed by atoms with Crippen LogP contribution < -0.4 is 0 Å². The molecule has 0 saturated carbocycles. The van der Waals surface area contributed by atoms with E-state index in [0.29, 0.717) is 19.5 Å². The highest BCUT2D eigenvalue weighted by Crippen LogP contribution is 2.22. The first kappa shape index (κ1) is 15.4. The molecule has 1 atom stereocenters. The fraction of sp³-hybridized carbons (Fsp3) is 0.917. The quantitative estimate of drug-likeness (QED) is 0.729. The van der Waals surface area contributed by atoms with Crippen molar-refractivity contribution in [2.45, 2.75) is 45.6 Å². The van der Waals surface area contributed by atoms with Gasteiger partial charge in [0.1, 0.15) is 6.04 Å². The minimum atomic E-state index is -3.27. The Morgan fingerprint density at radius 1 is 1.39 bits per heavy atom. The first-order chi connectivity index (χ1) is 8.41. The van der Waals surface area contributed by atoms with E-state index in [9.17, 15) is 13.2 Å². The molecule has 1 rings (SSSR count). The van der Waals surface area contributed by atoms with E-state index in [2.05, 4.69) is 6.92 Å². The molecule has 1 heterocycles. The molecular formula is C12H24N2O3S. The van der Waals surface area contributed by atoms with E-state index in [-0.39, 0.29) is 5.91 Å². The number of rotatable bonds is 6. The molecule has 0 spiro atoms. The Hall–Kier alpha value is -0.620. The summed E-state index contributed by atoms with van der Waals surface area (Å²) < 4.78 is 24.6. The first-order valence-electron chi connectivity index (χ1n) is 6.67. The van der Waals surface area contributed by atoms with Crippen LogP contribution in [0.1, 0.15) is 39.5 Å². The van der Waals surface area contributed by atoms with E-state index in [4.69, 9.17) is 0 Å². The Morgan fingerprint density at radius 2 is 2.06 bits per heavy atom. The lowest BCUT2D eigenvalue weighted by Gasteiger charge is -2.28. The van der Waals surface area contributed by atoms with Gasteiger partial charge in [0.15, 0.2) is 0 Å². The molecule has 0 aromatic rings. The van der Waals surface area contributed by atoms with Crippen LogP contribution in [-0.4, -0.2) is 55.5 Å². The minimum absolute atomic E-state index is 0.0334. The van der Waals surface area contributed by atoms with Crippen molar-refractivity contribution in [3.63, 3.8) is 0 Å². The van der Waals surface area contributed by atoms with Gasteiger partial charge in [0.2, 0.25) is 15.9 Å². The summed E-state index contributed by atoms with van der Waals surface area (Å²) in [5.41, 5.74) is 0. The molecule has 1 aliphatic heterocycles. The Labute approximate surface area is 110 Å². The van der Waals surface area contributed by atoms with Crippen molar-refractivity contribution in [1.82, 2.24) is 9.21 Å². The van der Waals surface area contributed by atoms with E-state index in [1.807, 2.05) is 6.92 Å². The van der Waals surface area contributed by atoms with Gasteiger partial charge in [-0.3, -0.25) is 4.79 Å². The lowest BCUT2D eigenvalue weighted by molar-refractivity contribution is -0.134. The molecular weight excluding hydrogens is 252 g/mol. The van der Waals surface area contributed by atoms with Gasteiger partial charge < -0.3 is 4.90 Å². The number of hydrogen-bond donors (Lipinski definition) is 0. The smallest absolute Gasteiger partial charge is 0.241 e. The first-order valence-corrected chi connectivity index (χ1v) is 8.52. The second-order valence-corrected chi connectivity index (χ2v) is 6.74. The van der Waals surface area contributed by atoms with Gasteiger partial charge in [-0.1, -0.05) is 13.3 Å². The fourth-order valence-electron chi connectivity index (χ4n) is 2.37. The van der Waals surface area contributed by atoms with Crippen LogP contribution in [0.5, 0.6) is 0 Å². The van der Waals surface area contributed by atoms with Crippen molar-refractivity contribution in [3.8, 4) is 0 Å². The summed E-state index contributed by atoms with van der Waals surface area (Å²) >= 11 is 0. The molecule has 1 saturated heterocycles. The van der Waals surface area contributed by atoms with Crippen LogP contribution in [0.4, 0.5) is 0 Å². The Kier molecular flexibility index (Phi) is 5.59. The molecule has 6 heteroatoms. The zero-order valence-electron chi connectivity index (χ0n) is 11.6. The highest BCUT2D eigenvalue weighted by atomic mass is 32.2. The standard InChI is InChI=1S/C12H24N2O3S/c1-4-6-9-13(5-2)12(15)11-8-7-10-14(11)18(3,16)17/h11H,4-10H2,1-3H3. The van der Waals surface area contributed by atoms with Gasteiger partial charge >= 0.3 is 0 Å². The summed E-state index contributed by atoms with van der Waals surface area (Å²) in [6, 6.07) is -0.475. The predicted molar refractivity (Wildman–Crippen MR) is 71.7 cm³/mol. The van der Waals surface area contributed by atoms with Gasteiger partial charge in [-0.2, -0.15) is 4.31 Å². The summed E-state index contributed by atoms with van der Waals surface area (Å²) in [5, 5.41) is 0. The van der Waals surface area contributed by atoms with E-state index in [0.717, 1.165) is 25.8 Å². The van der Waals surface area contributed by atoms with Crippen molar-refractivity contribution < 1.29 is 13.2 Å². The molecule has 1 fully saturated rings. The molecule has 1 unspecified atom stereocenters. The second kappa shape index (κ2) is 6.52. The number of carbonyl (C=O) groups is 1. The Morgan fingerprint density at radius 3 is 2.56 bits per heavy atom. The number of unbranched alkanes of at least 4 members (excludes halogenated alkanes) is 1. The van der Waals surface area contributed by atoms with Crippen LogP contribution in [0, 0.1) is 0 Å². The fourth-order valence-corrected chi connectivity index (χ4v) is 3.49. The van der Waals surface area contributed by atoms with Crippen LogP contribution in [0.15, 0.2) is 0 Å². The van der Waals surface area contributed by atoms with E-state index < -0.39 is 16.1 Å². The zero-order valence-corrected chi connectivity index (χ0v) is 12.4. The van der Waals surface area contributed by atoms with Gasteiger partial charge in [-0.05, 0) is 26.2 Å². The largest absolute Gasteiger partial charge is 0.342 e. The molecule has 0 aromatic heterocycles. The molecule has 0 radical (unpaired) electrons. The van der Waals surface area contributed by atoms with Crippen LogP contribution in [0.2, 0.25) is 0 Å². The highest BCUT2D eigenvalue weighted by molar-refractivity contribution is 7.88. The molecule has 0 aliphatic carbocycles. The molecule has 5 nitrogen and oxygen atoms in total. The molecule has 18 heavy (non-hydrogen) atoms. The van der Waals surface area contributed by atoms with Crippen molar-refractivity contribution in [3.05, 3.63) is 0 Å². The third kappa shape index (κ3) is 3.68. The van der Waals surface area contributed by atoms with Crippen LogP contribution in [0.25, 0.3) is 0 Å². The van der Waals surface area contributed by atoms with E-state index in [1.165, 1.54) is 10.6 Å². The summed E-state index contributed by atoms with van der Waals surface area (Å²) in [5.74, 6) is -0.0334. The second-order valence-electron chi connectivity index (χ2n) is 4.80. The van der Waals surface area contributed by atoms with Gasteiger partial charge in [0.05, 0.1) is 6.26 Å². The maximum Gasteiger partial charge on any atom is 0.241 e. The summed E-state index contributed by atoms with van der Waals surface area (Å²) in [4.78, 5) is 14.1. The Balaban J connectivity index is 2.75. The van der Waals surface area contributed by atoms with Crippen molar-refractivity contribution in [2.75, 3.05) is 25.9 Å². The molecule has 1 aliphatic rings. The number of hydrogen-bond acceptors (Lipinski definition) is 3. The van der Waals surface area contributed by atoms with Crippen molar-refractivity contribution >= 4 is 15.9 Å². The van der Waals surface area contributed by atoms with E-state index >= 15 is 0 Å². The zero-order chi connectivity index (χ0) is 13.8. The highest BCUT2D eigenvalue weighted by Gasteiger charge is 2.37. The number of nitrogens with zero attached hydrogens (tertiary/aromatic N) is 2. The monoisotopic (exact) mass is 276 g/mol. The number of carbonyl (C=O) groups excluding carboxylic acids is 1. The van der Waals surface area contributed by atoms with Gasteiger partial charge in [0.25, 0.3) is 0 Å². The number of likely N-dealkylation sites (N-methyl/N-ethyl adjacent to an activating group) is 1. The molecule has 0 N–H and O–H groups in total. The predicted octanol–water partition coefficient (Wildman–Crippen LogP) is 1.06. The number of sulfonamides is 1. The molecule has 0 aromatic carbocycles.